The van der Waals surface area contributed by atoms with Crippen LogP contribution in [0.25, 0.3) is 0 Å². The van der Waals surface area contributed by atoms with Gasteiger partial charge < -0.3 is 0 Å². The van der Waals surface area contributed by atoms with E-state index in [0.29, 0.717) is 5.56 Å². The van der Waals surface area contributed by atoms with Gasteiger partial charge in [0.25, 0.3) is 5.91 Å². The number of carbonyl (C=O) groups is 1. The molecule has 2 aromatic carbocycles. The van der Waals surface area contributed by atoms with E-state index in [0.717, 1.165) is 17.5 Å². The van der Waals surface area contributed by atoms with Gasteiger partial charge in [0.1, 0.15) is 0 Å². The zero-order valence-corrected chi connectivity index (χ0v) is 11.8. The van der Waals surface area contributed by atoms with Crippen molar-refractivity contribution < 1.29 is 4.79 Å². The lowest BCUT2D eigenvalue weighted by Crippen LogP contribution is -2.18. The van der Waals surface area contributed by atoms with Crippen LogP contribution in [0.3, 0.4) is 0 Å². The molecule has 1 amide bonds. The van der Waals surface area contributed by atoms with E-state index in [2.05, 4.69) is 29.6 Å². The standard InChI is InChI=1S/C17H18N2O/c1-3-14-8-10-15(11-9-14)12-18-19-17(20)16-7-5-4-6-13(16)2/h4-12H,3H2,1-2H3,(H,19,20). The smallest absolute Gasteiger partial charge is 0.267 e. The summed E-state index contributed by atoms with van der Waals surface area (Å²) in [6.45, 7) is 4.02. The fourth-order valence-corrected chi connectivity index (χ4v) is 1.89. The van der Waals surface area contributed by atoms with E-state index in [4.69, 9.17) is 0 Å². The minimum absolute atomic E-state index is 0.190. The van der Waals surface area contributed by atoms with Gasteiger partial charge in [0.05, 0.1) is 6.21 Å². The number of hydrogen-bond acceptors (Lipinski definition) is 2. The van der Waals surface area contributed by atoms with Gasteiger partial charge in [-0.2, -0.15) is 5.10 Å². The Balaban J connectivity index is 1.99. The molecule has 2 rings (SSSR count). The van der Waals surface area contributed by atoms with Crippen molar-refractivity contribution in [2.75, 3.05) is 0 Å². The van der Waals surface area contributed by atoms with E-state index in [1.54, 1.807) is 12.3 Å². The summed E-state index contributed by atoms with van der Waals surface area (Å²) in [7, 11) is 0. The third-order valence-electron chi connectivity index (χ3n) is 3.16. The first-order valence-corrected chi connectivity index (χ1v) is 6.68. The topological polar surface area (TPSA) is 41.5 Å². The highest BCUT2D eigenvalue weighted by molar-refractivity contribution is 5.96. The highest BCUT2D eigenvalue weighted by Crippen LogP contribution is 2.06. The summed E-state index contributed by atoms with van der Waals surface area (Å²) in [4.78, 5) is 11.9. The Labute approximate surface area is 119 Å². The quantitative estimate of drug-likeness (QED) is 0.669. The molecule has 0 saturated carbocycles. The Bertz CT molecular complexity index is 615. The van der Waals surface area contributed by atoms with Gasteiger partial charge in [0.2, 0.25) is 0 Å². The van der Waals surface area contributed by atoms with Crippen LogP contribution in [-0.4, -0.2) is 12.1 Å². The third-order valence-corrected chi connectivity index (χ3v) is 3.16. The highest BCUT2D eigenvalue weighted by atomic mass is 16.2. The number of hydrazone groups is 1. The van der Waals surface area contributed by atoms with Gasteiger partial charge in [0.15, 0.2) is 0 Å². The van der Waals surface area contributed by atoms with Crippen LogP contribution >= 0.6 is 0 Å². The molecule has 0 aliphatic heterocycles. The molecule has 0 saturated heterocycles. The van der Waals surface area contributed by atoms with Crippen molar-refractivity contribution >= 4 is 12.1 Å². The maximum Gasteiger partial charge on any atom is 0.271 e. The molecule has 0 aromatic heterocycles. The number of benzene rings is 2. The van der Waals surface area contributed by atoms with E-state index in [-0.39, 0.29) is 5.91 Å². The summed E-state index contributed by atoms with van der Waals surface area (Å²) in [5, 5.41) is 3.99. The minimum atomic E-state index is -0.190. The zero-order chi connectivity index (χ0) is 14.4. The normalized spacial score (nSPS) is 10.7. The number of carbonyl (C=O) groups excluding carboxylic acids is 1. The number of amides is 1. The van der Waals surface area contributed by atoms with E-state index in [9.17, 15) is 4.79 Å². The van der Waals surface area contributed by atoms with Crippen LogP contribution in [0.2, 0.25) is 0 Å². The molecule has 3 nitrogen and oxygen atoms in total. The molecule has 0 bridgehead atoms. The number of rotatable bonds is 4. The lowest BCUT2D eigenvalue weighted by molar-refractivity contribution is 0.0954. The van der Waals surface area contributed by atoms with Gasteiger partial charge in [-0.3, -0.25) is 4.79 Å². The molecule has 102 valence electrons. The van der Waals surface area contributed by atoms with Crippen molar-refractivity contribution in [3.63, 3.8) is 0 Å². The molecule has 3 heteroatoms. The number of nitrogens with one attached hydrogen (secondary N) is 1. The molecule has 0 heterocycles. The van der Waals surface area contributed by atoms with Crippen LogP contribution in [0.15, 0.2) is 53.6 Å². The molecule has 20 heavy (non-hydrogen) atoms. The SMILES string of the molecule is CCc1ccc(C=NNC(=O)c2ccccc2C)cc1. The van der Waals surface area contributed by atoms with Crippen LogP contribution in [0.4, 0.5) is 0 Å². The van der Waals surface area contributed by atoms with Crippen molar-refractivity contribution in [1.29, 1.82) is 0 Å². The van der Waals surface area contributed by atoms with Crippen LogP contribution in [0.5, 0.6) is 0 Å². The molecular weight excluding hydrogens is 248 g/mol. The summed E-state index contributed by atoms with van der Waals surface area (Å²) in [6.07, 6.45) is 2.66. The average molecular weight is 266 g/mol. The summed E-state index contributed by atoms with van der Waals surface area (Å²) in [6, 6.07) is 15.5. The molecule has 2 aromatic rings. The molecule has 0 spiro atoms. The fourth-order valence-electron chi connectivity index (χ4n) is 1.89. The zero-order valence-electron chi connectivity index (χ0n) is 11.8. The van der Waals surface area contributed by atoms with Crippen LogP contribution in [0.1, 0.15) is 34.0 Å². The van der Waals surface area contributed by atoms with Crippen LogP contribution < -0.4 is 5.43 Å². The molecule has 0 fully saturated rings. The number of hydrogen-bond donors (Lipinski definition) is 1. The highest BCUT2D eigenvalue weighted by Gasteiger charge is 2.05. The molecule has 0 atom stereocenters. The Hall–Kier alpha value is -2.42. The monoisotopic (exact) mass is 266 g/mol. The number of nitrogens with zero attached hydrogens (tertiary/aromatic N) is 1. The molecule has 0 aliphatic carbocycles. The Morgan fingerprint density at radius 2 is 1.85 bits per heavy atom. The first kappa shape index (κ1) is 14.0. The Kier molecular flexibility index (Phi) is 4.66. The van der Waals surface area contributed by atoms with Crippen molar-refractivity contribution in [2.24, 2.45) is 5.10 Å². The van der Waals surface area contributed by atoms with Gasteiger partial charge in [-0.1, -0.05) is 49.4 Å². The molecule has 0 unspecified atom stereocenters. The predicted molar refractivity (Wildman–Crippen MR) is 82.1 cm³/mol. The van der Waals surface area contributed by atoms with E-state index in [1.165, 1.54) is 5.56 Å². The van der Waals surface area contributed by atoms with Crippen LogP contribution in [0, 0.1) is 6.92 Å². The minimum Gasteiger partial charge on any atom is -0.267 e. The summed E-state index contributed by atoms with van der Waals surface area (Å²) in [5.41, 5.74) is 6.38. The van der Waals surface area contributed by atoms with Crippen molar-refractivity contribution in [3.8, 4) is 0 Å². The summed E-state index contributed by atoms with van der Waals surface area (Å²) >= 11 is 0. The Morgan fingerprint density at radius 3 is 2.50 bits per heavy atom. The lowest BCUT2D eigenvalue weighted by Gasteiger charge is -2.03. The van der Waals surface area contributed by atoms with Gasteiger partial charge >= 0.3 is 0 Å². The maximum absolute atomic E-state index is 11.9. The van der Waals surface area contributed by atoms with Crippen molar-refractivity contribution in [1.82, 2.24) is 5.43 Å². The molecular formula is C17H18N2O. The van der Waals surface area contributed by atoms with Crippen LogP contribution in [-0.2, 0) is 6.42 Å². The average Bonchev–Trinajstić information content (AvgIpc) is 2.48. The van der Waals surface area contributed by atoms with E-state index in [1.807, 2.05) is 37.3 Å². The second-order valence-electron chi connectivity index (χ2n) is 4.61. The van der Waals surface area contributed by atoms with E-state index >= 15 is 0 Å². The summed E-state index contributed by atoms with van der Waals surface area (Å²) in [5.74, 6) is -0.190. The third kappa shape index (κ3) is 3.54. The maximum atomic E-state index is 11.9. The predicted octanol–water partition coefficient (Wildman–Crippen LogP) is 3.32. The number of aryl methyl sites for hydroxylation is 2. The first-order chi connectivity index (χ1) is 9.70. The first-order valence-electron chi connectivity index (χ1n) is 6.68. The van der Waals surface area contributed by atoms with Gasteiger partial charge in [-0.05, 0) is 36.1 Å². The Morgan fingerprint density at radius 1 is 1.15 bits per heavy atom. The summed E-state index contributed by atoms with van der Waals surface area (Å²) < 4.78 is 0. The second-order valence-corrected chi connectivity index (χ2v) is 4.61. The fraction of sp³-hybridized carbons (Fsp3) is 0.176. The second kappa shape index (κ2) is 6.66. The van der Waals surface area contributed by atoms with E-state index < -0.39 is 0 Å². The van der Waals surface area contributed by atoms with Gasteiger partial charge in [-0.15, -0.1) is 0 Å². The van der Waals surface area contributed by atoms with Crippen molar-refractivity contribution in [3.05, 3.63) is 70.8 Å². The van der Waals surface area contributed by atoms with Crippen molar-refractivity contribution in [2.45, 2.75) is 20.3 Å². The molecule has 0 radical (unpaired) electrons. The van der Waals surface area contributed by atoms with Gasteiger partial charge in [-0.25, -0.2) is 5.43 Å². The van der Waals surface area contributed by atoms with Gasteiger partial charge in [0, 0.05) is 5.56 Å². The lowest BCUT2D eigenvalue weighted by atomic mass is 10.1. The largest absolute Gasteiger partial charge is 0.271 e. The molecule has 1 N–H and O–H groups in total. The molecule has 0 aliphatic rings.